The second-order valence-corrected chi connectivity index (χ2v) is 9.92. The van der Waals surface area contributed by atoms with Crippen molar-refractivity contribution in [3.63, 3.8) is 0 Å². The second-order valence-electron chi connectivity index (χ2n) is 9.92. The van der Waals surface area contributed by atoms with Crippen molar-refractivity contribution in [3.8, 4) is 12.1 Å². The van der Waals surface area contributed by atoms with Crippen LogP contribution in [0.2, 0.25) is 0 Å². The number of hydrogen-bond donors (Lipinski definition) is 1. The van der Waals surface area contributed by atoms with E-state index in [4.69, 9.17) is 0 Å². The largest absolute Gasteiger partial charge is 0.351 e. The van der Waals surface area contributed by atoms with E-state index in [1.807, 2.05) is 12.1 Å². The minimum Gasteiger partial charge on any atom is -0.351 e. The van der Waals surface area contributed by atoms with Crippen LogP contribution in [0.4, 0.5) is 20.3 Å². The average Bonchev–Trinajstić information content (AvgIpc) is 3.35. The predicted octanol–water partition coefficient (Wildman–Crippen LogP) is 3.72. The lowest BCUT2D eigenvalue weighted by molar-refractivity contribution is -0.132. The standard InChI is InChI=1S/C30H27F2N7O3/c1-3-4-5-6-19(2)27(28(41)37-22-13-30(31,32)14-22)38(23-11-21(16-34)17-35-18-23)29(42)24-7-8-26(40)39(24)25-12-20(15-33)9-10-36-25/h3-6,9-12,17-18,22,24,27H,2,7-8,13-14H2,1H3,(H,37,41)/b4-3-,6-5-/t24-,27-/m0/s1. The summed E-state index contributed by atoms with van der Waals surface area (Å²) in [6, 6.07) is 4.73. The van der Waals surface area contributed by atoms with Crippen molar-refractivity contribution in [2.24, 2.45) is 0 Å². The fourth-order valence-corrected chi connectivity index (χ4v) is 4.89. The van der Waals surface area contributed by atoms with Crippen molar-refractivity contribution >= 4 is 29.2 Å². The lowest BCUT2D eigenvalue weighted by Gasteiger charge is -2.39. The molecule has 2 aliphatic rings. The third kappa shape index (κ3) is 6.39. The maximum absolute atomic E-state index is 14.4. The number of carbonyl (C=O) groups is 3. The molecule has 2 atom stereocenters. The van der Waals surface area contributed by atoms with E-state index in [2.05, 4.69) is 21.9 Å². The molecule has 42 heavy (non-hydrogen) atoms. The summed E-state index contributed by atoms with van der Waals surface area (Å²) in [5.74, 6) is -4.69. The lowest BCUT2D eigenvalue weighted by atomic mass is 9.87. The van der Waals surface area contributed by atoms with Gasteiger partial charge in [0.2, 0.25) is 11.8 Å². The molecule has 1 aliphatic heterocycles. The molecule has 2 aromatic rings. The van der Waals surface area contributed by atoms with Crippen LogP contribution in [0.25, 0.3) is 0 Å². The minimum absolute atomic E-state index is 0.00461. The Morgan fingerprint density at radius 2 is 1.95 bits per heavy atom. The monoisotopic (exact) mass is 571 g/mol. The van der Waals surface area contributed by atoms with Crippen LogP contribution in [-0.4, -0.2) is 51.7 Å². The van der Waals surface area contributed by atoms with Crippen molar-refractivity contribution in [2.75, 3.05) is 9.80 Å². The van der Waals surface area contributed by atoms with E-state index in [-0.39, 0.29) is 41.0 Å². The van der Waals surface area contributed by atoms with Gasteiger partial charge in [-0.3, -0.25) is 29.2 Å². The Labute approximate surface area is 241 Å². The topological polar surface area (TPSA) is 143 Å². The Bertz CT molecular complexity index is 1550. The van der Waals surface area contributed by atoms with Gasteiger partial charge in [0.05, 0.1) is 29.1 Å². The minimum atomic E-state index is -2.90. The molecule has 1 aliphatic carbocycles. The first-order valence-corrected chi connectivity index (χ1v) is 13.1. The van der Waals surface area contributed by atoms with Crippen molar-refractivity contribution in [1.82, 2.24) is 15.3 Å². The van der Waals surface area contributed by atoms with Gasteiger partial charge in [-0.25, -0.2) is 13.8 Å². The molecule has 4 rings (SSSR count). The van der Waals surface area contributed by atoms with Gasteiger partial charge in [-0.15, -0.1) is 0 Å². The summed E-state index contributed by atoms with van der Waals surface area (Å²) in [6.07, 6.45) is 9.43. The van der Waals surface area contributed by atoms with Crippen molar-refractivity contribution in [3.05, 3.63) is 84.4 Å². The molecule has 2 aromatic heterocycles. The molecule has 0 unspecified atom stereocenters. The fraction of sp³-hybridized carbons (Fsp3) is 0.300. The van der Waals surface area contributed by atoms with Crippen LogP contribution in [0.5, 0.6) is 0 Å². The van der Waals surface area contributed by atoms with E-state index in [1.54, 1.807) is 25.2 Å². The molecule has 0 radical (unpaired) electrons. The molecule has 3 heterocycles. The zero-order valence-electron chi connectivity index (χ0n) is 22.7. The molecule has 1 N–H and O–H groups in total. The summed E-state index contributed by atoms with van der Waals surface area (Å²) in [4.78, 5) is 51.7. The Balaban J connectivity index is 1.81. The quantitative estimate of drug-likeness (QED) is 0.452. The SMILES string of the molecule is C=C(/C=C\C=C/C)[C@@H](C(=O)NC1CC(F)(F)C1)N(C(=O)[C@@H]1CCC(=O)N1c1cc(C#N)ccn1)c1cncc(C#N)c1. The van der Waals surface area contributed by atoms with Gasteiger partial charge >= 0.3 is 0 Å². The van der Waals surface area contributed by atoms with Gasteiger partial charge in [-0.05, 0) is 37.1 Å². The number of nitriles is 2. The number of amides is 3. The average molecular weight is 572 g/mol. The van der Waals surface area contributed by atoms with E-state index >= 15 is 0 Å². The maximum atomic E-state index is 14.4. The van der Waals surface area contributed by atoms with E-state index in [1.165, 1.54) is 47.8 Å². The van der Waals surface area contributed by atoms with Gasteiger partial charge in [-0.1, -0.05) is 30.9 Å². The van der Waals surface area contributed by atoms with Crippen LogP contribution in [0, 0.1) is 22.7 Å². The third-order valence-corrected chi connectivity index (χ3v) is 6.90. The zero-order chi connectivity index (χ0) is 30.4. The van der Waals surface area contributed by atoms with Gasteiger partial charge in [-0.2, -0.15) is 10.5 Å². The van der Waals surface area contributed by atoms with Crippen LogP contribution in [-0.2, 0) is 14.4 Å². The van der Waals surface area contributed by atoms with Gasteiger partial charge in [0.25, 0.3) is 11.8 Å². The molecule has 3 amide bonds. The second kappa shape index (κ2) is 12.5. The summed E-state index contributed by atoms with van der Waals surface area (Å²) < 4.78 is 27.2. The van der Waals surface area contributed by atoms with E-state index < -0.39 is 54.6 Å². The molecule has 10 nitrogen and oxygen atoms in total. The number of alkyl halides is 2. The highest BCUT2D eigenvalue weighted by Crippen LogP contribution is 2.38. The molecule has 0 spiro atoms. The van der Waals surface area contributed by atoms with Crippen LogP contribution >= 0.6 is 0 Å². The molecule has 0 bridgehead atoms. The van der Waals surface area contributed by atoms with E-state index in [9.17, 15) is 33.7 Å². The van der Waals surface area contributed by atoms with Crippen LogP contribution in [0.1, 0.15) is 43.7 Å². The third-order valence-electron chi connectivity index (χ3n) is 6.90. The summed E-state index contributed by atoms with van der Waals surface area (Å²) >= 11 is 0. The van der Waals surface area contributed by atoms with Gasteiger partial charge in [0.15, 0.2) is 0 Å². The molecule has 214 valence electrons. The molecule has 1 saturated heterocycles. The Hall–Kier alpha value is -5.23. The van der Waals surface area contributed by atoms with Crippen LogP contribution in [0.15, 0.2) is 73.2 Å². The van der Waals surface area contributed by atoms with Gasteiger partial charge in [0, 0.05) is 37.7 Å². The maximum Gasteiger partial charge on any atom is 0.252 e. The normalized spacial score (nSPS) is 18.7. The molecule has 0 aromatic carbocycles. The number of hydrogen-bond acceptors (Lipinski definition) is 7. The lowest BCUT2D eigenvalue weighted by Crippen LogP contribution is -2.59. The number of allylic oxidation sites excluding steroid dienone is 3. The van der Waals surface area contributed by atoms with Crippen LogP contribution < -0.4 is 15.1 Å². The highest BCUT2D eigenvalue weighted by atomic mass is 19.3. The summed E-state index contributed by atoms with van der Waals surface area (Å²) in [6.45, 7) is 5.78. The van der Waals surface area contributed by atoms with Crippen molar-refractivity contribution in [1.29, 1.82) is 10.5 Å². The Morgan fingerprint density at radius 3 is 2.62 bits per heavy atom. The van der Waals surface area contributed by atoms with Crippen molar-refractivity contribution < 1.29 is 23.2 Å². The number of nitrogens with zero attached hydrogens (tertiary/aromatic N) is 6. The number of anilines is 2. The summed E-state index contributed by atoms with van der Waals surface area (Å²) in [5, 5.41) is 21.4. The first-order chi connectivity index (χ1) is 20.1. The highest BCUT2D eigenvalue weighted by molar-refractivity contribution is 6.11. The number of aromatic nitrogens is 2. The number of halogens is 2. The van der Waals surface area contributed by atoms with Crippen LogP contribution in [0.3, 0.4) is 0 Å². The number of rotatable bonds is 9. The Morgan fingerprint density at radius 1 is 1.21 bits per heavy atom. The first-order valence-electron chi connectivity index (χ1n) is 13.1. The smallest absolute Gasteiger partial charge is 0.252 e. The first kappa shape index (κ1) is 29.7. The van der Waals surface area contributed by atoms with Crippen molar-refractivity contribution in [2.45, 2.75) is 56.7 Å². The molecule has 12 heteroatoms. The van der Waals surface area contributed by atoms with Gasteiger partial charge in [0.1, 0.15) is 24.0 Å². The highest BCUT2D eigenvalue weighted by Gasteiger charge is 2.48. The number of nitrogens with one attached hydrogen (secondary N) is 1. The molecule has 2 fully saturated rings. The molecule has 1 saturated carbocycles. The number of carbonyl (C=O) groups excluding carboxylic acids is 3. The van der Waals surface area contributed by atoms with E-state index in [0.717, 1.165) is 4.90 Å². The molecular formula is C30H27F2N7O3. The zero-order valence-corrected chi connectivity index (χ0v) is 22.7. The summed E-state index contributed by atoms with van der Waals surface area (Å²) in [7, 11) is 0. The van der Waals surface area contributed by atoms with Gasteiger partial charge < -0.3 is 5.32 Å². The predicted molar refractivity (Wildman–Crippen MR) is 149 cm³/mol. The Kier molecular flexibility index (Phi) is 8.87. The number of pyridine rings is 2. The summed E-state index contributed by atoms with van der Waals surface area (Å²) in [5.41, 5.74) is 0.538. The molecular weight excluding hydrogens is 544 g/mol. The van der Waals surface area contributed by atoms with E-state index in [0.29, 0.717) is 0 Å². The fourth-order valence-electron chi connectivity index (χ4n) is 4.89.